The minimum Gasteiger partial charge on any atom is -0.459 e. The summed E-state index contributed by atoms with van der Waals surface area (Å²) in [7, 11) is 3.95. The van der Waals surface area contributed by atoms with Gasteiger partial charge in [0.05, 0.1) is 10.0 Å². The van der Waals surface area contributed by atoms with Gasteiger partial charge < -0.3 is 9.64 Å². The van der Waals surface area contributed by atoms with Crippen molar-refractivity contribution in [2.45, 2.75) is 32.4 Å². The lowest BCUT2D eigenvalue weighted by Crippen LogP contribution is -2.37. The predicted octanol–water partition coefficient (Wildman–Crippen LogP) is 3.53. The van der Waals surface area contributed by atoms with Crippen molar-refractivity contribution < 1.29 is 9.53 Å². The fourth-order valence-electron chi connectivity index (χ4n) is 1.82. The molecule has 6 heteroatoms. The molecule has 0 spiro atoms. The molecule has 0 aliphatic rings. The molecule has 1 rings (SSSR count). The van der Waals surface area contributed by atoms with Gasteiger partial charge in [-0.3, -0.25) is 5.32 Å². The summed E-state index contributed by atoms with van der Waals surface area (Å²) in [6.07, 6.45) is 0. The van der Waals surface area contributed by atoms with E-state index in [2.05, 4.69) is 5.32 Å². The van der Waals surface area contributed by atoms with E-state index in [1.54, 1.807) is 18.2 Å². The summed E-state index contributed by atoms with van der Waals surface area (Å²) in [6, 6.07) is 4.59. The summed E-state index contributed by atoms with van der Waals surface area (Å²) in [5.41, 5.74) is 0.191. The zero-order valence-electron chi connectivity index (χ0n) is 13.7. The summed E-state index contributed by atoms with van der Waals surface area (Å²) < 4.78 is 5.49. The summed E-state index contributed by atoms with van der Waals surface area (Å²) in [6.45, 7) is 6.99. The second kappa shape index (κ2) is 8.16. The molecule has 0 aliphatic heterocycles. The molecule has 1 N–H and O–H groups in total. The Morgan fingerprint density at radius 2 is 1.91 bits per heavy atom. The number of hydrogen-bond donors (Lipinski definition) is 1. The lowest BCUT2D eigenvalue weighted by atomic mass is 10.1. The highest BCUT2D eigenvalue weighted by atomic mass is 35.5. The van der Waals surface area contributed by atoms with Crippen molar-refractivity contribution in [1.29, 1.82) is 0 Å². The number of esters is 1. The second-order valence-electron chi connectivity index (χ2n) is 6.40. The Kier molecular flexibility index (Phi) is 7.13. The molecule has 1 aromatic carbocycles. The highest BCUT2D eigenvalue weighted by Gasteiger charge is 2.26. The Morgan fingerprint density at radius 1 is 1.27 bits per heavy atom. The third kappa shape index (κ3) is 6.53. The average molecular weight is 347 g/mol. The van der Waals surface area contributed by atoms with Gasteiger partial charge in [-0.2, -0.15) is 0 Å². The van der Waals surface area contributed by atoms with E-state index in [-0.39, 0.29) is 5.97 Å². The van der Waals surface area contributed by atoms with Crippen LogP contribution in [0.5, 0.6) is 0 Å². The number of rotatable bonds is 6. The van der Waals surface area contributed by atoms with Crippen molar-refractivity contribution in [3.05, 3.63) is 33.8 Å². The molecule has 0 aromatic heterocycles. The van der Waals surface area contributed by atoms with Crippen molar-refractivity contribution in [1.82, 2.24) is 10.2 Å². The normalized spacial score (nSPS) is 13.3. The minimum atomic E-state index is -0.575. The van der Waals surface area contributed by atoms with Crippen LogP contribution < -0.4 is 5.32 Å². The fraction of sp³-hybridized carbons (Fsp3) is 0.562. The first-order chi connectivity index (χ1) is 10.1. The zero-order valence-corrected chi connectivity index (χ0v) is 15.3. The third-order valence-electron chi connectivity index (χ3n) is 2.83. The van der Waals surface area contributed by atoms with Crippen molar-refractivity contribution in [2.75, 3.05) is 27.2 Å². The van der Waals surface area contributed by atoms with Crippen LogP contribution in [0, 0.1) is 0 Å². The van der Waals surface area contributed by atoms with E-state index in [0.29, 0.717) is 16.6 Å². The van der Waals surface area contributed by atoms with Crippen LogP contribution in [0.4, 0.5) is 0 Å². The quantitative estimate of drug-likeness (QED) is 0.800. The molecule has 1 aromatic rings. The summed E-state index contributed by atoms with van der Waals surface area (Å²) >= 11 is 12.0. The number of carbonyl (C=O) groups is 1. The topological polar surface area (TPSA) is 41.6 Å². The van der Waals surface area contributed by atoms with Crippen molar-refractivity contribution in [3.63, 3.8) is 0 Å². The number of hydrogen-bond acceptors (Lipinski definition) is 4. The van der Waals surface area contributed by atoms with Gasteiger partial charge >= 0.3 is 5.97 Å². The number of ether oxygens (including phenoxy) is 1. The van der Waals surface area contributed by atoms with Gasteiger partial charge in [-0.25, -0.2) is 4.79 Å². The number of nitrogens with one attached hydrogen (secondary N) is 1. The van der Waals surface area contributed by atoms with Crippen LogP contribution >= 0.6 is 23.2 Å². The van der Waals surface area contributed by atoms with Gasteiger partial charge in [-0.1, -0.05) is 29.3 Å². The number of likely N-dealkylation sites (N-methyl/N-ethyl adjacent to an activating group) is 1. The van der Waals surface area contributed by atoms with Crippen LogP contribution in [-0.4, -0.2) is 43.7 Å². The lowest BCUT2D eigenvalue weighted by Gasteiger charge is -2.25. The van der Waals surface area contributed by atoms with Gasteiger partial charge in [-0.15, -0.1) is 0 Å². The van der Waals surface area contributed by atoms with Crippen molar-refractivity contribution in [3.8, 4) is 0 Å². The maximum absolute atomic E-state index is 12.5. The molecule has 124 valence electrons. The molecule has 0 radical (unpaired) electrons. The molecule has 0 saturated heterocycles. The molecule has 0 heterocycles. The molecule has 0 amide bonds. The molecule has 0 fully saturated rings. The maximum Gasteiger partial charge on any atom is 0.328 e. The van der Waals surface area contributed by atoms with Crippen LogP contribution in [0.1, 0.15) is 32.4 Å². The summed E-state index contributed by atoms with van der Waals surface area (Å²) in [4.78, 5) is 14.5. The van der Waals surface area contributed by atoms with Crippen molar-refractivity contribution in [2.24, 2.45) is 0 Å². The van der Waals surface area contributed by atoms with Crippen LogP contribution in [0.3, 0.4) is 0 Å². The van der Waals surface area contributed by atoms with Crippen LogP contribution in [0.25, 0.3) is 0 Å². The molecular weight excluding hydrogens is 323 g/mol. The monoisotopic (exact) mass is 346 g/mol. The summed E-state index contributed by atoms with van der Waals surface area (Å²) in [5, 5.41) is 4.10. The molecule has 0 bridgehead atoms. The molecule has 22 heavy (non-hydrogen) atoms. The van der Waals surface area contributed by atoms with E-state index in [1.807, 2.05) is 39.8 Å². The largest absolute Gasteiger partial charge is 0.459 e. The van der Waals surface area contributed by atoms with Gasteiger partial charge in [0.2, 0.25) is 0 Å². The fourth-order valence-corrected chi connectivity index (χ4v) is 2.13. The standard InChI is InChI=1S/C16H24Cl2N2O2/c1-16(2,3)22-15(21)14(19-8-9-20(4)5)11-6-7-12(17)13(18)10-11/h6-7,10,14,19H,8-9H2,1-5H3. The Balaban J connectivity index is 2.94. The highest BCUT2D eigenvalue weighted by Crippen LogP contribution is 2.27. The Bertz CT molecular complexity index is 513. The first kappa shape index (κ1) is 19.2. The Labute approximate surface area is 142 Å². The number of carbonyl (C=O) groups excluding carboxylic acids is 1. The zero-order chi connectivity index (χ0) is 16.9. The molecular formula is C16H24Cl2N2O2. The molecule has 1 atom stereocenters. The van der Waals surface area contributed by atoms with E-state index in [0.717, 1.165) is 12.1 Å². The van der Waals surface area contributed by atoms with Gasteiger partial charge in [0.25, 0.3) is 0 Å². The first-order valence-electron chi connectivity index (χ1n) is 7.16. The molecule has 1 unspecified atom stereocenters. The van der Waals surface area contributed by atoms with Crippen LogP contribution in [0.15, 0.2) is 18.2 Å². The van der Waals surface area contributed by atoms with Gasteiger partial charge in [0, 0.05) is 13.1 Å². The smallest absolute Gasteiger partial charge is 0.328 e. The maximum atomic E-state index is 12.5. The highest BCUT2D eigenvalue weighted by molar-refractivity contribution is 6.42. The molecule has 0 aliphatic carbocycles. The van der Waals surface area contributed by atoms with Gasteiger partial charge in [0.1, 0.15) is 11.6 Å². The summed E-state index contributed by atoms with van der Waals surface area (Å²) in [5.74, 6) is -0.329. The van der Waals surface area contributed by atoms with E-state index in [1.165, 1.54) is 0 Å². The van der Waals surface area contributed by atoms with Crippen LogP contribution in [-0.2, 0) is 9.53 Å². The Hall–Kier alpha value is -0.810. The number of nitrogens with zero attached hydrogens (tertiary/aromatic N) is 1. The molecule has 4 nitrogen and oxygen atoms in total. The van der Waals surface area contributed by atoms with Crippen molar-refractivity contribution >= 4 is 29.2 Å². The predicted molar refractivity (Wildman–Crippen MR) is 91.6 cm³/mol. The van der Waals surface area contributed by atoms with Gasteiger partial charge in [0.15, 0.2) is 0 Å². The van der Waals surface area contributed by atoms with E-state index < -0.39 is 11.6 Å². The van der Waals surface area contributed by atoms with E-state index in [4.69, 9.17) is 27.9 Å². The van der Waals surface area contributed by atoms with E-state index in [9.17, 15) is 4.79 Å². The number of benzene rings is 1. The minimum absolute atomic E-state index is 0.329. The first-order valence-corrected chi connectivity index (χ1v) is 7.91. The molecule has 0 saturated carbocycles. The number of halogens is 2. The Morgan fingerprint density at radius 3 is 2.41 bits per heavy atom. The third-order valence-corrected chi connectivity index (χ3v) is 3.57. The van der Waals surface area contributed by atoms with Crippen LogP contribution in [0.2, 0.25) is 10.0 Å². The van der Waals surface area contributed by atoms with Gasteiger partial charge in [-0.05, 0) is 52.6 Å². The average Bonchev–Trinajstić information content (AvgIpc) is 2.35. The lowest BCUT2D eigenvalue weighted by molar-refractivity contribution is -0.157. The van der Waals surface area contributed by atoms with E-state index >= 15 is 0 Å². The SMILES string of the molecule is CN(C)CCNC(C(=O)OC(C)(C)C)c1ccc(Cl)c(Cl)c1. The second-order valence-corrected chi connectivity index (χ2v) is 7.21.